The number of H-pyrrole nitrogens is 1. The van der Waals surface area contributed by atoms with Crippen LogP contribution in [0.4, 0.5) is 0 Å². The molecule has 1 aromatic carbocycles. The van der Waals surface area contributed by atoms with Gasteiger partial charge in [0.25, 0.3) is 5.91 Å². The Labute approximate surface area is 157 Å². The van der Waals surface area contributed by atoms with Gasteiger partial charge in [0.1, 0.15) is 0 Å². The van der Waals surface area contributed by atoms with Crippen LogP contribution in [0.1, 0.15) is 35.0 Å². The minimum Gasteiger partial charge on any atom is -0.452 e. The van der Waals surface area contributed by atoms with E-state index >= 15 is 0 Å². The van der Waals surface area contributed by atoms with Crippen LogP contribution in [0.2, 0.25) is 0 Å². The molecule has 2 aromatic rings. The van der Waals surface area contributed by atoms with Gasteiger partial charge in [-0.3, -0.25) is 9.59 Å². The van der Waals surface area contributed by atoms with Crippen LogP contribution in [-0.4, -0.2) is 53.9 Å². The number of para-hydroxylation sites is 1. The quantitative estimate of drug-likeness (QED) is 0.800. The molecule has 7 heteroatoms. The number of aromatic amines is 1. The highest BCUT2D eigenvalue weighted by molar-refractivity contribution is 6.05. The molecule has 1 fully saturated rings. The molecule has 142 valence electrons. The lowest BCUT2D eigenvalue weighted by Gasteiger charge is -2.26. The molecule has 1 unspecified atom stereocenters. The molecule has 1 aromatic heterocycles. The van der Waals surface area contributed by atoms with E-state index in [1.165, 1.54) is 16.2 Å². The normalized spacial score (nSPS) is 19.5. The Bertz CT molecular complexity index is 917. The van der Waals surface area contributed by atoms with Gasteiger partial charge in [-0.15, -0.1) is 0 Å². The first kappa shape index (κ1) is 17.6. The van der Waals surface area contributed by atoms with E-state index in [4.69, 9.17) is 4.74 Å². The van der Waals surface area contributed by atoms with Crippen LogP contribution in [0, 0.1) is 5.92 Å². The number of aromatic nitrogens is 1. The summed E-state index contributed by atoms with van der Waals surface area (Å²) in [6.07, 6.45) is 3.12. The molecule has 1 saturated heterocycles. The number of carbonyl (C=O) groups excluding carboxylic acids is 3. The van der Waals surface area contributed by atoms with Crippen molar-refractivity contribution in [2.75, 3.05) is 26.2 Å². The first-order valence-corrected chi connectivity index (χ1v) is 9.37. The average molecular weight is 369 g/mol. The van der Waals surface area contributed by atoms with Gasteiger partial charge in [0.2, 0.25) is 5.91 Å². The third kappa shape index (κ3) is 3.41. The zero-order chi connectivity index (χ0) is 19.0. The number of hydrogen-bond donors (Lipinski definition) is 2. The summed E-state index contributed by atoms with van der Waals surface area (Å²) in [6, 6.07) is 5.59. The topological polar surface area (TPSA) is 91.5 Å². The zero-order valence-corrected chi connectivity index (χ0v) is 15.3. The van der Waals surface area contributed by atoms with Crippen molar-refractivity contribution in [1.29, 1.82) is 0 Å². The number of nitrogens with zero attached hydrogens (tertiary/aromatic N) is 1. The molecule has 2 heterocycles. The van der Waals surface area contributed by atoms with E-state index in [0.29, 0.717) is 24.6 Å². The van der Waals surface area contributed by atoms with E-state index in [-0.39, 0.29) is 25.0 Å². The van der Waals surface area contributed by atoms with Crippen molar-refractivity contribution in [2.45, 2.75) is 26.2 Å². The van der Waals surface area contributed by atoms with Gasteiger partial charge in [-0.2, -0.15) is 0 Å². The summed E-state index contributed by atoms with van der Waals surface area (Å²) in [5, 5.41) is 3.72. The van der Waals surface area contributed by atoms with Crippen molar-refractivity contribution in [3.05, 3.63) is 35.0 Å². The van der Waals surface area contributed by atoms with Gasteiger partial charge >= 0.3 is 5.97 Å². The number of piperazine rings is 1. The van der Waals surface area contributed by atoms with E-state index in [1.807, 2.05) is 12.1 Å². The SMILES string of the molecule is CC1CCc2[nH]c3c(C(=O)OCC(=O)N4CCNC(=O)C4)cccc3c2C1. The second kappa shape index (κ2) is 7.06. The Morgan fingerprint density at radius 3 is 3.00 bits per heavy atom. The fourth-order valence-corrected chi connectivity index (χ4v) is 3.93. The maximum atomic E-state index is 12.6. The van der Waals surface area contributed by atoms with Gasteiger partial charge in [-0.05, 0) is 36.8 Å². The lowest BCUT2D eigenvalue weighted by molar-refractivity contribution is -0.140. The van der Waals surface area contributed by atoms with Crippen molar-refractivity contribution >= 4 is 28.7 Å². The highest BCUT2D eigenvalue weighted by Gasteiger charge is 2.25. The number of benzene rings is 1. The van der Waals surface area contributed by atoms with E-state index in [9.17, 15) is 14.4 Å². The molecule has 1 aliphatic heterocycles. The molecule has 2 aliphatic rings. The first-order valence-electron chi connectivity index (χ1n) is 9.37. The molecule has 1 atom stereocenters. The molecule has 2 amide bonds. The lowest BCUT2D eigenvalue weighted by atomic mass is 9.87. The van der Waals surface area contributed by atoms with Gasteiger partial charge in [-0.25, -0.2) is 4.79 Å². The number of aryl methyl sites for hydroxylation is 1. The number of nitrogens with one attached hydrogen (secondary N) is 2. The predicted octanol–water partition coefficient (Wildman–Crippen LogP) is 1.41. The van der Waals surface area contributed by atoms with Crippen LogP contribution in [0.5, 0.6) is 0 Å². The number of rotatable bonds is 3. The summed E-state index contributed by atoms with van der Waals surface area (Å²) in [7, 11) is 0. The Morgan fingerprint density at radius 2 is 2.19 bits per heavy atom. The van der Waals surface area contributed by atoms with Gasteiger partial charge in [-0.1, -0.05) is 19.1 Å². The number of ether oxygens (including phenoxy) is 1. The van der Waals surface area contributed by atoms with Crippen LogP contribution in [-0.2, 0) is 27.2 Å². The standard InChI is InChI=1S/C20H23N3O4/c1-12-5-6-16-15(9-12)13-3-2-4-14(19(13)22-16)20(26)27-11-18(25)23-8-7-21-17(24)10-23/h2-4,12,22H,5-11H2,1H3,(H,21,24). The Balaban J connectivity index is 1.50. The van der Waals surface area contributed by atoms with Crippen LogP contribution < -0.4 is 5.32 Å². The second-order valence-corrected chi connectivity index (χ2v) is 7.40. The summed E-state index contributed by atoms with van der Waals surface area (Å²) < 4.78 is 5.26. The molecule has 0 radical (unpaired) electrons. The van der Waals surface area contributed by atoms with Gasteiger partial charge in [0.15, 0.2) is 6.61 Å². The van der Waals surface area contributed by atoms with Crippen molar-refractivity contribution in [3.63, 3.8) is 0 Å². The summed E-state index contributed by atoms with van der Waals surface area (Å²) in [6.45, 7) is 2.74. The van der Waals surface area contributed by atoms with Gasteiger partial charge in [0, 0.05) is 24.2 Å². The summed E-state index contributed by atoms with van der Waals surface area (Å²) in [5.41, 5.74) is 3.71. The molecule has 27 heavy (non-hydrogen) atoms. The lowest BCUT2D eigenvalue weighted by Crippen LogP contribution is -2.51. The molecule has 1 aliphatic carbocycles. The van der Waals surface area contributed by atoms with Crippen molar-refractivity contribution in [3.8, 4) is 0 Å². The molecular formula is C20H23N3O4. The predicted molar refractivity (Wildman–Crippen MR) is 99.4 cm³/mol. The number of hydrogen-bond acceptors (Lipinski definition) is 4. The fourth-order valence-electron chi connectivity index (χ4n) is 3.93. The van der Waals surface area contributed by atoms with Gasteiger partial charge < -0.3 is 19.9 Å². The summed E-state index contributed by atoms with van der Waals surface area (Å²) >= 11 is 0. The minimum absolute atomic E-state index is 0.00744. The Hall–Kier alpha value is -2.83. The minimum atomic E-state index is -0.526. The highest BCUT2D eigenvalue weighted by Crippen LogP contribution is 2.33. The molecule has 2 N–H and O–H groups in total. The smallest absolute Gasteiger partial charge is 0.340 e. The summed E-state index contributed by atoms with van der Waals surface area (Å²) in [4.78, 5) is 41.0. The molecule has 7 nitrogen and oxygen atoms in total. The first-order chi connectivity index (χ1) is 13.0. The van der Waals surface area contributed by atoms with Crippen molar-refractivity contribution in [1.82, 2.24) is 15.2 Å². The fraction of sp³-hybridized carbons (Fsp3) is 0.450. The third-order valence-electron chi connectivity index (χ3n) is 5.41. The van der Waals surface area contributed by atoms with E-state index in [0.717, 1.165) is 30.2 Å². The Kier molecular flexibility index (Phi) is 4.59. The van der Waals surface area contributed by atoms with E-state index in [2.05, 4.69) is 17.2 Å². The Morgan fingerprint density at radius 1 is 1.33 bits per heavy atom. The molecule has 4 rings (SSSR count). The maximum absolute atomic E-state index is 12.6. The van der Waals surface area contributed by atoms with Crippen molar-refractivity contribution in [2.24, 2.45) is 5.92 Å². The van der Waals surface area contributed by atoms with Crippen LogP contribution in [0.25, 0.3) is 10.9 Å². The maximum Gasteiger partial charge on any atom is 0.340 e. The molecule has 0 bridgehead atoms. The summed E-state index contributed by atoms with van der Waals surface area (Å²) in [5.74, 6) is -0.449. The van der Waals surface area contributed by atoms with E-state index in [1.54, 1.807) is 6.07 Å². The van der Waals surface area contributed by atoms with E-state index < -0.39 is 5.97 Å². The monoisotopic (exact) mass is 369 g/mol. The second-order valence-electron chi connectivity index (χ2n) is 7.40. The van der Waals surface area contributed by atoms with Crippen LogP contribution in [0.15, 0.2) is 18.2 Å². The number of amides is 2. The van der Waals surface area contributed by atoms with Crippen LogP contribution >= 0.6 is 0 Å². The highest BCUT2D eigenvalue weighted by atomic mass is 16.5. The average Bonchev–Trinajstić information content (AvgIpc) is 3.03. The molecule has 0 spiro atoms. The van der Waals surface area contributed by atoms with Gasteiger partial charge in [0.05, 0.1) is 17.6 Å². The van der Waals surface area contributed by atoms with Crippen molar-refractivity contribution < 1.29 is 19.1 Å². The molecular weight excluding hydrogens is 346 g/mol. The number of carbonyl (C=O) groups is 3. The number of esters is 1. The molecule has 0 saturated carbocycles. The zero-order valence-electron chi connectivity index (χ0n) is 15.3. The van der Waals surface area contributed by atoms with Crippen LogP contribution in [0.3, 0.4) is 0 Å². The largest absolute Gasteiger partial charge is 0.452 e. The number of fused-ring (bicyclic) bond motifs is 3. The third-order valence-corrected chi connectivity index (χ3v) is 5.41.